The molecule has 1 aliphatic carbocycles. The number of nitrogens with two attached hydrogens (primary N) is 1. The van der Waals surface area contributed by atoms with E-state index >= 15 is 0 Å². The van der Waals surface area contributed by atoms with E-state index < -0.39 is 0 Å². The normalized spacial score (nSPS) is 19.0. The molecule has 1 aliphatic rings. The Bertz CT molecular complexity index is 359. The monoisotopic (exact) mass is 219 g/mol. The quantitative estimate of drug-likeness (QED) is 0.848. The molecule has 1 aromatic heterocycles. The third kappa shape index (κ3) is 2.53. The van der Waals surface area contributed by atoms with Crippen LogP contribution < -0.4 is 5.73 Å². The Morgan fingerprint density at radius 1 is 1.50 bits per heavy atom. The van der Waals surface area contributed by atoms with Crippen molar-refractivity contribution in [3.05, 3.63) is 23.8 Å². The highest BCUT2D eigenvalue weighted by molar-refractivity contribution is 5.49. The Morgan fingerprint density at radius 3 is 2.81 bits per heavy atom. The first-order valence-electron chi connectivity index (χ1n) is 6.18. The summed E-state index contributed by atoms with van der Waals surface area (Å²) in [6.45, 7) is 0.676. The van der Waals surface area contributed by atoms with Gasteiger partial charge in [-0.2, -0.15) is 0 Å². The zero-order chi connectivity index (χ0) is 11.4. The zero-order valence-corrected chi connectivity index (χ0v) is 10.0. The van der Waals surface area contributed by atoms with Gasteiger partial charge in [-0.05, 0) is 24.8 Å². The fourth-order valence-corrected chi connectivity index (χ4v) is 2.51. The van der Waals surface area contributed by atoms with Gasteiger partial charge in [-0.3, -0.25) is 0 Å². The first-order valence-corrected chi connectivity index (χ1v) is 6.18. The number of imidazole rings is 1. The van der Waals surface area contributed by atoms with E-state index in [1.165, 1.54) is 37.7 Å². The lowest BCUT2D eigenvalue weighted by Gasteiger charge is -2.23. The number of nitrogens with zero attached hydrogens (tertiary/aromatic N) is 2. The average Bonchev–Trinajstić information content (AvgIpc) is 2.73. The minimum atomic E-state index is 0.676. The van der Waals surface area contributed by atoms with Crippen LogP contribution in [-0.2, 0) is 7.05 Å². The summed E-state index contributed by atoms with van der Waals surface area (Å²) in [4.78, 5) is 4.13. The fraction of sp³-hybridized carbons (Fsp3) is 0.615. The minimum Gasteiger partial charge on any atom is -0.334 e. The molecule has 1 fully saturated rings. The smallest absolute Gasteiger partial charge is 0.0948 e. The molecule has 1 saturated carbocycles. The van der Waals surface area contributed by atoms with Crippen LogP contribution in [0.3, 0.4) is 0 Å². The summed E-state index contributed by atoms with van der Waals surface area (Å²) in [5.41, 5.74) is 8.42. The van der Waals surface area contributed by atoms with Gasteiger partial charge >= 0.3 is 0 Å². The third-order valence-corrected chi connectivity index (χ3v) is 3.55. The molecular formula is C13H21N3. The van der Waals surface area contributed by atoms with Crippen LogP contribution in [0, 0.1) is 5.92 Å². The van der Waals surface area contributed by atoms with Gasteiger partial charge in [0.15, 0.2) is 0 Å². The molecule has 3 nitrogen and oxygen atoms in total. The molecule has 0 atom stereocenters. The predicted octanol–water partition coefficient (Wildman–Crippen LogP) is 2.34. The second kappa shape index (κ2) is 5.30. The summed E-state index contributed by atoms with van der Waals surface area (Å²) in [5, 5.41) is 0. The molecule has 0 spiro atoms. The second-order valence-electron chi connectivity index (χ2n) is 4.69. The maximum absolute atomic E-state index is 5.87. The SMILES string of the molecule is Cn1cncc1C=C(CN)C1CCCCC1. The zero-order valence-electron chi connectivity index (χ0n) is 10.0. The first-order chi connectivity index (χ1) is 7.81. The number of aryl methyl sites for hydroxylation is 1. The Kier molecular flexibility index (Phi) is 3.78. The van der Waals surface area contributed by atoms with Gasteiger partial charge < -0.3 is 10.3 Å². The summed E-state index contributed by atoms with van der Waals surface area (Å²) >= 11 is 0. The molecule has 0 saturated heterocycles. The van der Waals surface area contributed by atoms with Crippen molar-refractivity contribution in [1.29, 1.82) is 0 Å². The van der Waals surface area contributed by atoms with Gasteiger partial charge in [-0.1, -0.05) is 24.8 Å². The molecule has 0 aliphatic heterocycles. The van der Waals surface area contributed by atoms with Gasteiger partial charge in [-0.25, -0.2) is 4.98 Å². The Balaban J connectivity index is 2.14. The fourth-order valence-electron chi connectivity index (χ4n) is 2.51. The number of hydrogen-bond acceptors (Lipinski definition) is 2. The lowest BCUT2D eigenvalue weighted by Crippen LogP contribution is -2.16. The summed E-state index contributed by atoms with van der Waals surface area (Å²) in [6.07, 6.45) is 12.7. The lowest BCUT2D eigenvalue weighted by atomic mass is 9.83. The third-order valence-electron chi connectivity index (χ3n) is 3.55. The Labute approximate surface area is 97.4 Å². The molecule has 0 unspecified atom stereocenters. The van der Waals surface area contributed by atoms with Crippen molar-refractivity contribution in [3.63, 3.8) is 0 Å². The van der Waals surface area contributed by atoms with Crippen LogP contribution in [0.15, 0.2) is 18.1 Å². The van der Waals surface area contributed by atoms with Crippen molar-refractivity contribution in [2.45, 2.75) is 32.1 Å². The molecule has 0 bridgehead atoms. The van der Waals surface area contributed by atoms with Gasteiger partial charge in [0, 0.05) is 13.6 Å². The highest BCUT2D eigenvalue weighted by atomic mass is 15.0. The van der Waals surface area contributed by atoms with Crippen molar-refractivity contribution < 1.29 is 0 Å². The van der Waals surface area contributed by atoms with Crippen LogP contribution in [0.5, 0.6) is 0 Å². The predicted molar refractivity (Wildman–Crippen MR) is 66.8 cm³/mol. The highest BCUT2D eigenvalue weighted by Crippen LogP contribution is 2.30. The second-order valence-corrected chi connectivity index (χ2v) is 4.69. The van der Waals surface area contributed by atoms with Crippen LogP contribution in [0.4, 0.5) is 0 Å². The first kappa shape index (κ1) is 11.4. The van der Waals surface area contributed by atoms with E-state index in [0.29, 0.717) is 12.5 Å². The van der Waals surface area contributed by atoms with Crippen molar-refractivity contribution in [2.24, 2.45) is 18.7 Å². The molecule has 3 heteroatoms. The van der Waals surface area contributed by atoms with Gasteiger partial charge in [0.2, 0.25) is 0 Å². The number of hydrogen-bond donors (Lipinski definition) is 1. The molecule has 0 aromatic carbocycles. The maximum atomic E-state index is 5.87. The van der Waals surface area contributed by atoms with Crippen molar-refractivity contribution >= 4 is 6.08 Å². The minimum absolute atomic E-state index is 0.676. The Hall–Kier alpha value is -1.09. The molecule has 1 aromatic rings. The maximum Gasteiger partial charge on any atom is 0.0948 e. The molecule has 2 N–H and O–H groups in total. The highest BCUT2D eigenvalue weighted by Gasteiger charge is 2.16. The van der Waals surface area contributed by atoms with E-state index in [0.717, 1.165) is 5.69 Å². The van der Waals surface area contributed by atoms with Crippen molar-refractivity contribution in [3.8, 4) is 0 Å². The molecule has 88 valence electrons. The molecule has 0 radical (unpaired) electrons. The van der Waals surface area contributed by atoms with Gasteiger partial charge in [0.25, 0.3) is 0 Å². The summed E-state index contributed by atoms with van der Waals surface area (Å²) in [6, 6.07) is 0. The van der Waals surface area contributed by atoms with Crippen molar-refractivity contribution in [2.75, 3.05) is 6.54 Å². The standard InChI is InChI=1S/C13H21N3/c1-16-10-15-9-13(16)7-12(8-14)11-5-3-2-4-6-11/h7,9-11H,2-6,8,14H2,1H3. The van der Waals surface area contributed by atoms with Crippen LogP contribution in [0.2, 0.25) is 0 Å². The van der Waals surface area contributed by atoms with Gasteiger partial charge in [0.1, 0.15) is 0 Å². The van der Waals surface area contributed by atoms with E-state index in [1.54, 1.807) is 0 Å². The molecule has 1 heterocycles. The molecule has 2 rings (SSSR count). The largest absolute Gasteiger partial charge is 0.334 e. The lowest BCUT2D eigenvalue weighted by molar-refractivity contribution is 0.401. The Morgan fingerprint density at radius 2 is 2.25 bits per heavy atom. The van der Waals surface area contributed by atoms with E-state index in [2.05, 4.69) is 11.1 Å². The van der Waals surface area contributed by atoms with Crippen LogP contribution in [0.1, 0.15) is 37.8 Å². The number of rotatable bonds is 3. The number of aromatic nitrogens is 2. The topological polar surface area (TPSA) is 43.8 Å². The summed E-state index contributed by atoms with van der Waals surface area (Å²) in [7, 11) is 2.02. The summed E-state index contributed by atoms with van der Waals surface area (Å²) in [5.74, 6) is 0.702. The molecular weight excluding hydrogens is 198 g/mol. The van der Waals surface area contributed by atoms with Crippen LogP contribution >= 0.6 is 0 Å². The van der Waals surface area contributed by atoms with Gasteiger partial charge in [0.05, 0.1) is 18.2 Å². The van der Waals surface area contributed by atoms with Gasteiger partial charge in [-0.15, -0.1) is 0 Å². The molecule has 16 heavy (non-hydrogen) atoms. The summed E-state index contributed by atoms with van der Waals surface area (Å²) < 4.78 is 2.04. The van der Waals surface area contributed by atoms with E-state index in [1.807, 2.05) is 24.1 Å². The molecule has 0 amide bonds. The van der Waals surface area contributed by atoms with E-state index in [4.69, 9.17) is 5.73 Å². The van der Waals surface area contributed by atoms with E-state index in [9.17, 15) is 0 Å². The van der Waals surface area contributed by atoms with E-state index in [-0.39, 0.29) is 0 Å². The van der Waals surface area contributed by atoms with Crippen molar-refractivity contribution in [1.82, 2.24) is 9.55 Å². The van der Waals surface area contributed by atoms with Crippen LogP contribution in [0.25, 0.3) is 6.08 Å². The average molecular weight is 219 g/mol. The van der Waals surface area contributed by atoms with Crippen LogP contribution in [-0.4, -0.2) is 16.1 Å².